The van der Waals surface area contributed by atoms with E-state index in [2.05, 4.69) is 39.7 Å². The number of oxime groups is 1. The normalized spacial score (nSPS) is 17.5. The Labute approximate surface area is 446 Å². The van der Waals surface area contributed by atoms with Gasteiger partial charge in [-0.2, -0.15) is 18.2 Å². The number of esters is 1. The van der Waals surface area contributed by atoms with E-state index in [-0.39, 0.29) is 22.8 Å². The number of hydroxylamine groups is 2. The molecule has 1 aromatic carbocycles. The Morgan fingerprint density at radius 2 is 1.51 bits per heavy atom. The smallest absolute Gasteiger partial charge is 0.418 e. The van der Waals surface area contributed by atoms with Crippen LogP contribution in [0.2, 0.25) is 0 Å². The molecule has 4 heterocycles. The monoisotopic (exact) mass is 1110 g/mol. The predicted molar refractivity (Wildman–Crippen MR) is 275 cm³/mol. The molecule has 0 bridgehead atoms. The number of nitrogens with zero attached hydrogens (tertiary/aromatic N) is 6. The Morgan fingerprint density at radius 3 is 2.11 bits per heavy atom. The van der Waals surface area contributed by atoms with Crippen molar-refractivity contribution in [1.82, 2.24) is 30.3 Å². The molecule has 3 aromatic rings. The summed E-state index contributed by atoms with van der Waals surface area (Å²) in [6.07, 6.45) is 2.06. The minimum absolute atomic E-state index is 0.0209. The van der Waals surface area contributed by atoms with Crippen LogP contribution in [0.1, 0.15) is 115 Å². The number of carbonyl (C=O) groups is 6. The van der Waals surface area contributed by atoms with Crippen LogP contribution in [0.5, 0.6) is 5.75 Å². The van der Waals surface area contributed by atoms with Gasteiger partial charge < -0.3 is 44.1 Å². The van der Waals surface area contributed by atoms with E-state index in [1.807, 2.05) is 45.3 Å². The molecule has 2 aromatic heterocycles. The van der Waals surface area contributed by atoms with Gasteiger partial charge in [-0.25, -0.2) is 24.2 Å². The van der Waals surface area contributed by atoms with Crippen molar-refractivity contribution in [2.75, 3.05) is 31.6 Å². The number of aromatic nitrogens is 3. The Hall–Kier alpha value is -6.58. The second kappa shape index (κ2) is 23.8. The quantitative estimate of drug-likeness (QED) is 0.0162. The Balaban J connectivity index is 1.37. The minimum Gasteiger partial charge on any atom is -0.489 e. The lowest BCUT2D eigenvalue weighted by Crippen LogP contribution is -2.76. The van der Waals surface area contributed by atoms with E-state index in [0.29, 0.717) is 50.0 Å². The molecule has 2 fully saturated rings. The van der Waals surface area contributed by atoms with Crippen LogP contribution in [-0.2, 0) is 65.9 Å². The second-order valence-electron chi connectivity index (χ2n) is 22.6. The number of anilines is 1. The average Bonchev–Trinajstić information content (AvgIpc) is 4.03. The number of β-lactam (4-membered cyclic amide) rings is 1. The Morgan fingerprint density at radius 1 is 0.895 bits per heavy atom. The van der Waals surface area contributed by atoms with Crippen molar-refractivity contribution in [3.63, 3.8) is 0 Å². The van der Waals surface area contributed by atoms with Crippen molar-refractivity contribution < 1.29 is 79.2 Å². The Kier molecular flexibility index (Phi) is 18.8. The number of likely N-dealkylation sites (tertiary alicyclic amines) is 1. The van der Waals surface area contributed by atoms with Crippen LogP contribution in [0.4, 0.5) is 19.5 Å². The molecule has 0 radical (unpaired) electrons. The van der Waals surface area contributed by atoms with E-state index in [1.165, 1.54) is 19.2 Å². The van der Waals surface area contributed by atoms with Crippen LogP contribution in [0.15, 0.2) is 47.2 Å². The summed E-state index contributed by atoms with van der Waals surface area (Å²) in [6, 6.07) is 5.60. The average molecular weight is 1110 g/mol. The molecule has 3 atom stereocenters. The zero-order chi connectivity index (χ0) is 56.8. The fourth-order valence-electron chi connectivity index (χ4n) is 7.48. The summed E-state index contributed by atoms with van der Waals surface area (Å²) in [5, 5.41) is 13.4. The largest absolute Gasteiger partial charge is 0.489 e. The number of alkyl carbamates (subject to hydrolysis) is 1. The van der Waals surface area contributed by atoms with E-state index in [9.17, 15) is 41.7 Å². The van der Waals surface area contributed by atoms with Gasteiger partial charge in [-0.15, -0.1) is 20.3 Å². The third-order valence-corrected chi connectivity index (χ3v) is 11.8. The first-order valence-electron chi connectivity index (χ1n) is 24.5. The van der Waals surface area contributed by atoms with Crippen molar-refractivity contribution in [2.45, 2.75) is 163 Å². The molecular formula is C49H72N9O16S2+. The highest BCUT2D eigenvalue weighted by molar-refractivity contribution is 7.80. The first kappa shape index (κ1) is 60.3. The van der Waals surface area contributed by atoms with Gasteiger partial charge >= 0.3 is 34.6 Å². The summed E-state index contributed by atoms with van der Waals surface area (Å²) in [4.78, 5) is 90.2. The maximum Gasteiger partial charge on any atom is 0.418 e. The molecule has 0 saturated carbocycles. The number of amides is 5. The van der Waals surface area contributed by atoms with Crippen LogP contribution >= 0.6 is 11.3 Å². The number of benzene rings is 1. The van der Waals surface area contributed by atoms with E-state index >= 15 is 0 Å². The molecule has 2 saturated heterocycles. The molecule has 0 aliphatic carbocycles. The zero-order valence-electron chi connectivity index (χ0n) is 45.5. The highest BCUT2D eigenvalue weighted by Gasteiger charge is 2.58. The lowest BCUT2D eigenvalue weighted by atomic mass is 9.84. The molecular weight excluding hydrogens is 1030 g/mol. The number of aryl methyl sites for hydroxylation is 1. The lowest BCUT2D eigenvalue weighted by Gasteiger charge is -2.50. The first-order chi connectivity index (χ1) is 34.9. The topological polar surface area (TPSA) is 298 Å². The number of nitrogens with one attached hydrogen (secondary N) is 3. The van der Waals surface area contributed by atoms with E-state index in [1.54, 1.807) is 79.3 Å². The molecule has 76 heavy (non-hydrogen) atoms. The van der Waals surface area contributed by atoms with Gasteiger partial charge in [0.05, 0.1) is 23.8 Å². The highest BCUT2D eigenvalue weighted by atomic mass is 32.3. The summed E-state index contributed by atoms with van der Waals surface area (Å²) in [5.41, 5.74) is -3.71. The SMILES string of the molecule is CC(C)(C)OC(=O)NCCCn1cc(-c2ccc(OCC(O/N=C(\C(=O)NC3C(=O)N(OS(=O)(=O)O)C3(C)C)c3csc(NC(=O)OC(C)(C)C)n3)C(=O)OC(C)(C)C)cc2)c[n+]1CC1CCN(C(=O)OC(C)(C)C)C1. The van der Waals surface area contributed by atoms with Gasteiger partial charge in [-0.1, -0.05) is 17.3 Å². The lowest BCUT2D eigenvalue weighted by molar-refractivity contribution is -0.780. The first-order valence-corrected chi connectivity index (χ1v) is 26.7. The van der Waals surface area contributed by atoms with Crippen molar-refractivity contribution in [2.24, 2.45) is 11.1 Å². The van der Waals surface area contributed by atoms with Crippen molar-refractivity contribution >= 4 is 68.6 Å². The maximum atomic E-state index is 14.0. The Bertz CT molecular complexity index is 2730. The number of thiazole rings is 1. The fourth-order valence-corrected chi connectivity index (χ4v) is 8.62. The molecule has 4 N–H and O–H groups in total. The number of ether oxygens (including phenoxy) is 5. The van der Waals surface area contributed by atoms with Crippen molar-refractivity contribution in [3.05, 3.63) is 47.7 Å². The molecule has 5 rings (SSSR count). The van der Waals surface area contributed by atoms with Crippen LogP contribution < -0.4 is 25.4 Å². The van der Waals surface area contributed by atoms with Gasteiger partial charge in [0.2, 0.25) is 6.20 Å². The number of carbonyl (C=O) groups excluding carboxylic acids is 6. The van der Waals surface area contributed by atoms with Crippen molar-refractivity contribution in [1.29, 1.82) is 0 Å². The number of hydrogen-bond donors (Lipinski definition) is 4. The summed E-state index contributed by atoms with van der Waals surface area (Å²) in [5.74, 6) is -2.58. The van der Waals surface area contributed by atoms with Crippen molar-refractivity contribution in [3.8, 4) is 16.9 Å². The van der Waals surface area contributed by atoms with Crippen LogP contribution in [-0.4, -0.2) is 141 Å². The fraction of sp³-hybridized carbons (Fsp3) is 0.612. The molecule has 25 nitrogen and oxygen atoms in total. The van der Waals surface area contributed by atoms with Crippen LogP contribution in [0.25, 0.3) is 11.1 Å². The van der Waals surface area contributed by atoms with E-state index in [4.69, 9.17) is 28.5 Å². The molecule has 420 valence electrons. The zero-order valence-corrected chi connectivity index (χ0v) is 47.1. The molecule has 5 amide bonds. The number of rotatable bonds is 19. The number of hydrogen-bond acceptors (Lipinski definition) is 18. The maximum absolute atomic E-state index is 14.0. The molecule has 2 aliphatic rings. The van der Waals surface area contributed by atoms with Crippen LogP contribution in [0.3, 0.4) is 0 Å². The van der Waals surface area contributed by atoms with Gasteiger partial charge in [0.25, 0.3) is 17.9 Å². The molecule has 2 aliphatic heterocycles. The predicted octanol–water partition coefficient (Wildman–Crippen LogP) is 5.77. The van der Waals surface area contributed by atoms with Crippen LogP contribution in [0, 0.1) is 5.92 Å². The summed E-state index contributed by atoms with van der Waals surface area (Å²) in [7, 11) is -5.11. The van der Waals surface area contributed by atoms with Gasteiger partial charge in [0, 0.05) is 30.9 Å². The summed E-state index contributed by atoms with van der Waals surface area (Å²) >= 11 is 0.885. The summed E-state index contributed by atoms with van der Waals surface area (Å²) in [6.45, 7) is 25.6. The molecule has 3 unspecified atom stereocenters. The van der Waals surface area contributed by atoms with Gasteiger partial charge in [0.15, 0.2) is 17.4 Å². The van der Waals surface area contributed by atoms with E-state index in [0.717, 1.165) is 28.9 Å². The standard InChI is InChI=1S/C49H71N9O16S2/c1-45(2,3)69-40(61)35(73-54-36(34-29-75-41(51-34)53-43(63)71-47(7,8)9)38(59)52-37-39(60)58(49(37,13)14)74-76(65,66)67)28-68-33-18-16-31(17-19-33)32-26-56(22-15-21-50-42(62)70-46(4,5)6)57(27-32)25-30-20-23-55(24-30)44(64)72-48(10,11)12/h16-19,26-27,29-30,35,37H,15,20-25,28H2,1-14H3,(H3-,50,51,52,53,59,62,63,65,66,67)/p+1/b54-36-. The van der Waals surface area contributed by atoms with E-state index < -0.39 is 92.8 Å². The third-order valence-electron chi connectivity index (χ3n) is 10.7. The third kappa shape index (κ3) is 18.3. The summed E-state index contributed by atoms with van der Waals surface area (Å²) < 4.78 is 68.6. The highest BCUT2D eigenvalue weighted by Crippen LogP contribution is 2.33. The minimum atomic E-state index is -5.11. The van der Waals surface area contributed by atoms with Gasteiger partial charge in [-0.05, 0) is 127 Å². The van der Waals surface area contributed by atoms with Gasteiger partial charge in [-0.3, -0.25) is 19.5 Å². The second-order valence-corrected chi connectivity index (χ2v) is 24.5. The molecule has 27 heteroatoms. The van der Waals surface area contributed by atoms with Gasteiger partial charge in [0.1, 0.15) is 46.5 Å². The molecule has 0 spiro atoms.